The average molecular weight is 382 g/mol. The molecule has 1 atom stereocenters. The topological polar surface area (TPSA) is 58.1 Å². The molecule has 1 fully saturated rings. The molecule has 1 saturated heterocycles. The minimum Gasteiger partial charge on any atom is -0.298 e. The minimum atomic E-state index is -0.364. The number of anilines is 1. The van der Waals surface area contributed by atoms with Gasteiger partial charge in [-0.3, -0.25) is 20.0 Å². The van der Waals surface area contributed by atoms with E-state index < -0.39 is 0 Å². The van der Waals surface area contributed by atoms with E-state index >= 15 is 0 Å². The number of amides is 1. The molecule has 4 rings (SSSR count). The number of hydrogen-bond acceptors (Lipinski definition) is 5. The van der Waals surface area contributed by atoms with Crippen molar-refractivity contribution >= 4 is 22.4 Å². The lowest BCUT2D eigenvalue weighted by Gasteiger charge is -2.22. The van der Waals surface area contributed by atoms with Gasteiger partial charge in [0.2, 0.25) is 0 Å². The predicted molar refractivity (Wildman–Crippen MR) is 103 cm³/mol. The van der Waals surface area contributed by atoms with Crippen molar-refractivity contribution in [1.29, 1.82) is 0 Å². The molecule has 1 unspecified atom stereocenters. The van der Waals surface area contributed by atoms with Crippen molar-refractivity contribution in [1.82, 2.24) is 14.9 Å². The van der Waals surface area contributed by atoms with Crippen molar-refractivity contribution < 1.29 is 9.18 Å². The summed E-state index contributed by atoms with van der Waals surface area (Å²) >= 11 is 1.41. The quantitative estimate of drug-likeness (QED) is 0.716. The fourth-order valence-corrected chi connectivity index (χ4v) is 4.07. The number of likely N-dealkylation sites (tertiary alicyclic amines) is 1. The number of benzene rings is 1. The highest BCUT2D eigenvalue weighted by Crippen LogP contribution is 2.34. The van der Waals surface area contributed by atoms with Gasteiger partial charge in [-0.05, 0) is 55.8 Å². The number of thiazole rings is 1. The van der Waals surface area contributed by atoms with E-state index in [-0.39, 0.29) is 17.8 Å². The van der Waals surface area contributed by atoms with Crippen LogP contribution in [0.25, 0.3) is 0 Å². The van der Waals surface area contributed by atoms with E-state index in [9.17, 15) is 9.18 Å². The van der Waals surface area contributed by atoms with Gasteiger partial charge in [-0.2, -0.15) is 0 Å². The fraction of sp³-hybridized carbons (Fsp3) is 0.250. The third-order valence-corrected chi connectivity index (χ3v) is 5.42. The molecule has 7 heteroatoms. The van der Waals surface area contributed by atoms with E-state index in [1.54, 1.807) is 0 Å². The first kappa shape index (κ1) is 17.8. The molecule has 0 aliphatic carbocycles. The van der Waals surface area contributed by atoms with Crippen molar-refractivity contribution in [3.8, 4) is 0 Å². The summed E-state index contributed by atoms with van der Waals surface area (Å²) in [6.45, 7) is 1.80. The van der Waals surface area contributed by atoms with Gasteiger partial charge in [0.15, 0.2) is 5.13 Å². The molecule has 0 radical (unpaired) electrons. The molecular weight excluding hydrogens is 363 g/mol. The van der Waals surface area contributed by atoms with Crippen LogP contribution in [-0.2, 0) is 6.54 Å². The van der Waals surface area contributed by atoms with Crippen molar-refractivity contribution in [2.75, 3.05) is 11.9 Å². The smallest absolute Gasteiger partial charge is 0.257 e. The Kier molecular flexibility index (Phi) is 5.22. The SMILES string of the molecule is O=C(Nc1nc(C2CCCN2Cc2ccccn2)cs1)c1ccc(F)cc1. The maximum absolute atomic E-state index is 13.0. The van der Waals surface area contributed by atoms with Crippen LogP contribution in [0.2, 0.25) is 0 Å². The maximum Gasteiger partial charge on any atom is 0.257 e. The molecule has 138 valence electrons. The van der Waals surface area contributed by atoms with Gasteiger partial charge in [-0.15, -0.1) is 11.3 Å². The van der Waals surface area contributed by atoms with E-state index in [1.165, 1.54) is 35.6 Å². The van der Waals surface area contributed by atoms with E-state index in [4.69, 9.17) is 0 Å². The molecular formula is C20H19FN4OS. The number of nitrogens with zero attached hydrogens (tertiary/aromatic N) is 3. The summed E-state index contributed by atoms with van der Waals surface area (Å²) in [5.74, 6) is -0.648. The van der Waals surface area contributed by atoms with E-state index in [1.807, 2.05) is 29.8 Å². The number of carbonyl (C=O) groups is 1. The van der Waals surface area contributed by atoms with Crippen LogP contribution in [0.4, 0.5) is 9.52 Å². The predicted octanol–water partition coefficient (Wildman–Crippen LogP) is 4.27. The summed E-state index contributed by atoms with van der Waals surface area (Å²) in [5, 5.41) is 5.36. The van der Waals surface area contributed by atoms with Gasteiger partial charge < -0.3 is 0 Å². The summed E-state index contributed by atoms with van der Waals surface area (Å²) in [6.07, 6.45) is 3.97. The molecule has 0 bridgehead atoms. The second-order valence-corrected chi connectivity index (χ2v) is 7.35. The fourth-order valence-electron chi connectivity index (χ4n) is 3.32. The van der Waals surface area contributed by atoms with Crippen LogP contribution >= 0.6 is 11.3 Å². The van der Waals surface area contributed by atoms with Gasteiger partial charge in [0.25, 0.3) is 5.91 Å². The van der Waals surface area contributed by atoms with Crippen LogP contribution in [0.5, 0.6) is 0 Å². The van der Waals surface area contributed by atoms with Gasteiger partial charge in [0, 0.05) is 23.7 Å². The average Bonchev–Trinajstić information content (AvgIpc) is 3.32. The van der Waals surface area contributed by atoms with E-state index in [0.717, 1.165) is 37.3 Å². The van der Waals surface area contributed by atoms with E-state index in [2.05, 4.69) is 20.2 Å². The van der Waals surface area contributed by atoms with E-state index in [0.29, 0.717) is 10.7 Å². The molecule has 3 heterocycles. The molecule has 2 aromatic heterocycles. The number of pyridine rings is 1. The molecule has 1 aliphatic heterocycles. The Labute approximate surface area is 160 Å². The maximum atomic E-state index is 13.0. The summed E-state index contributed by atoms with van der Waals surface area (Å²) in [5.41, 5.74) is 2.43. The molecule has 27 heavy (non-hydrogen) atoms. The Balaban J connectivity index is 1.43. The standard InChI is InChI=1S/C20H19FN4OS/c21-15-8-6-14(7-9-15)19(26)24-20-23-17(13-27-20)18-5-3-11-25(18)12-16-4-1-2-10-22-16/h1-2,4,6-10,13,18H,3,5,11-12H2,(H,23,24,26). The highest BCUT2D eigenvalue weighted by atomic mass is 32.1. The molecule has 0 spiro atoms. The van der Waals surface area contributed by atoms with Crippen molar-refractivity contribution in [3.05, 3.63) is 76.8 Å². The van der Waals surface area contributed by atoms with Gasteiger partial charge in [-0.25, -0.2) is 9.37 Å². The second kappa shape index (κ2) is 7.94. The van der Waals surface area contributed by atoms with Crippen LogP contribution in [0, 0.1) is 5.82 Å². The Hall–Kier alpha value is -2.64. The molecule has 3 aromatic rings. The molecule has 1 aromatic carbocycles. The first-order valence-corrected chi connectivity index (χ1v) is 9.73. The molecule has 1 N–H and O–H groups in total. The first-order valence-electron chi connectivity index (χ1n) is 8.85. The van der Waals surface area contributed by atoms with Crippen molar-refractivity contribution in [2.45, 2.75) is 25.4 Å². The Morgan fingerprint density at radius 3 is 2.89 bits per heavy atom. The lowest BCUT2D eigenvalue weighted by atomic mass is 10.1. The monoisotopic (exact) mass is 382 g/mol. The lowest BCUT2D eigenvalue weighted by Crippen LogP contribution is -2.23. The zero-order chi connectivity index (χ0) is 18.6. The van der Waals surface area contributed by atoms with Crippen LogP contribution in [0.15, 0.2) is 54.0 Å². The lowest BCUT2D eigenvalue weighted by molar-refractivity contribution is 0.102. The number of halogens is 1. The highest BCUT2D eigenvalue weighted by Gasteiger charge is 2.28. The van der Waals surface area contributed by atoms with Crippen LogP contribution in [0.3, 0.4) is 0 Å². The van der Waals surface area contributed by atoms with Gasteiger partial charge in [0.05, 0.1) is 17.4 Å². The molecule has 5 nitrogen and oxygen atoms in total. The molecule has 0 saturated carbocycles. The second-order valence-electron chi connectivity index (χ2n) is 6.49. The third-order valence-electron chi connectivity index (χ3n) is 4.65. The van der Waals surface area contributed by atoms with Gasteiger partial charge >= 0.3 is 0 Å². The minimum absolute atomic E-state index is 0.236. The number of nitrogens with one attached hydrogen (secondary N) is 1. The summed E-state index contributed by atoms with van der Waals surface area (Å²) < 4.78 is 13.0. The van der Waals surface area contributed by atoms with Gasteiger partial charge in [0.1, 0.15) is 5.82 Å². The number of aromatic nitrogens is 2. The highest BCUT2D eigenvalue weighted by molar-refractivity contribution is 7.14. The van der Waals surface area contributed by atoms with Crippen LogP contribution in [0.1, 0.15) is 40.6 Å². The largest absolute Gasteiger partial charge is 0.298 e. The number of hydrogen-bond donors (Lipinski definition) is 1. The van der Waals surface area contributed by atoms with Gasteiger partial charge in [-0.1, -0.05) is 6.07 Å². The number of rotatable bonds is 5. The van der Waals surface area contributed by atoms with Crippen molar-refractivity contribution in [2.24, 2.45) is 0 Å². The zero-order valence-corrected chi connectivity index (χ0v) is 15.5. The Bertz CT molecular complexity index is 913. The summed E-state index contributed by atoms with van der Waals surface area (Å²) in [7, 11) is 0. The zero-order valence-electron chi connectivity index (χ0n) is 14.6. The normalized spacial score (nSPS) is 17.1. The first-order chi connectivity index (χ1) is 13.2. The summed E-state index contributed by atoms with van der Waals surface area (Å²) in [4.78, 5) is 23.7. The molecule has 1 aliphatic rings. The summed E-state index contributed by atoms with van der Waals surface area (Å²) in [6, 6.07) is 11.7. The molecule has 1 amide bonds. The third kappa shape index (κ3) is 4.20. The van der Waals surface area contributed by atoms with Crippen LogP contribution in [-0.4, -0.2) is 27.3 Å². The Morgan fingerprint density at radius 2 is 2.11 bits per heavy atom. The number of carbonyl (C=O) groups excluding carboxylic acids is 1. The van der Waals surface area contributed by atoms with Crippen LogP contribution < -0.4 is 5.32 Å². The Morgan fingerprint density at radius 1 is 1.26 bits per heavy atom. The van der Waals surface area contributed by atoms with Crippen molar-refractivity contribution in [3.63, 3.8) is 0 Å².